The molecule has 1 rings (SSSR count). The molecule has 1 saturated heterocycles. The van der Waals surface area contributed by atoms with Crippen LogP contribution in [0, 0.1) is 11.8 Å². The zero-order valence-corrected chi connectivity index (χ0v) is 19.1. The van der Waals surface area contributed by atoms with E-state index >= 15 is 0 Å². The number of likely N-dealkylation sites (tertiary alicyclic amines) is 1. The molecule has 1 aliphatic rings. The standard InChI is InChI=1S/C21H39N5O5/c1-12(2)16(24-18(27)14(23)8-5-6-10-22)20(29)26-11-7-9-15(26)19(28)25-17(13(3)4)21(30)31/h12-17H,5-11,22-23H2,1-4H3,(H,24,27)(H,25,28)(H,30,31). The lowest BCUT2D eigenvalue weighted by Crippen LogP contribution is -2.58. The maximum atomic E-state index is 13.2. The molecular weight excluding hydrogens is 402 g/mol. The first-order chi connectivity index (χ1) is 14.5. The fourth-order valence-corrected chi connectivity index (χ4v) is 3.66. The van der Waals surface area contributed by atoms with Crippen molar-refractivity contribution in [2.45, 2.75) is 84.0 Å². The van der Waals surface area contributed by atoms with Gasteiger partial charge in [-0.1, -0.05) is 34.1 Å². The van der Waals surface area contributed by atoms with Gasteiger partial charge in [-0.3, -0.25) is 14.4 Å². The van der Waals surface area contributed by atoms with E-state index in [1.807, 2.05) is 13.8 Å². The predicted octanol–water partition coefficient (Wildman–Crippen LogP) is -0.200. The van der Waals surface area contributed by atoms with Crippen LogP contribution in [0.15, 0.2) is 0 Å². The van der Waals surface area contributed by atoms with Gasteiger partial charge in [0.15, 0.2) is 0 Å². The van der Waals surface area contributed by atoms with Crippen LogP contribution >= 0.6 is 0 Å². The van der Waals surface area contributed by atoms with E-state index in [-0.39, 0.29) is 17.7 Å². The minimum atomic E-state index is -1.12. The van der Waals surface area contributed by atoms with Crippen molar-refractivity contribution in [3.63, 3.8) is 0 Å². The maximum absolute atomic E-state index is 13.2. The summed E-state index contributed by atoms with van der Waals surface area (Å²) in [6, 6.07) is -3.34. The molecule has 7 N–H and O–H groups in total. The molecule has 31 heavy (non-hydrogen) atoms. The van der Waals surface area contributed by atoms with Crippen molar-refractivity contribution in [2.75, 3.05) is 13.1 Å². The van der Waals surface area contributed by atoms with E-state index in [2.05, 4.69) is 10.6 Å². The van der Waals surface area contributed by atoms with Crippen LogP contribution in [0.2, 0.25) is 0 Å². The number of hydrogen-bond donors (Lipinski definition) is 5. The van der Waals surface area contributed by atoms with E-state index in [9.17, 15) is 24.3 Å². The molecule has 0 aromatic carbocycles. The summed E-state index contributed by atoms with van der Waals surface area (Å²) in [5, 5.41) is 14.6. The first-order valence-corrected chi connectivity index (χ1v) is 11.1. The van der Waals surface area contributed by atoms with E-state index in [0.717, 1.165) is 12.8 Å². The van der Waals surface area contributed by atoms with Crippen LogP contribution in [0.1, 0.15) is 59.8 Å². The third kappa shape index (κ3) is 7.77. The quantitative estimate of drug-likeness (QED) is 0.261. The van der Waals surface area contributed by atoms with Gasteiger partial charge in [0, 0.05) is 6.54 Å². The zero-order valence-electron chi connectivity index (χ0n) is 19.1. The second-order valence-corrected chi connectivity index (χ2v) is 8.88. The zero-order chi connectivity index (χ0) is 23.7. The highest BCUT2D eigenvalue weighted by molar-refractivity contribution is 5.94. The van der Waals surface area contributed by atoms with Crippen molar-refractivity contribution >= 4 is 23.7 Å². The molecule has 0 spiro atoms. The summed E-state index contributed by atoms with van der Waals surface area (Å²) in [4.78, 5) is 51.4. The summed E-state index contributed by atoms with van der Waals surface area (Å²) in [5.41, 5.74) is 11.4. The molecule has 1 fully saturated rings. The van der Waals surface area contributed by atoms with E-state index in [4.69, 9.17) is 11.5 Å². The lowest BCUT2D eigenvalue weighted by atomic mass is 10.0. The molecular formula is C21H39N5O5. The van der Waals surface area contributed by atoms with Gasteiger partial charge in [-0.15, -0.1) is 0 Å². The van der Waals surface area contributed by atoms with Crippen molar-refractivity contribution in [2.24, 2.45) is 23.3 Å². The number of nitrogens with zero attached hydrogens (tertiary/aromatic N) is 1. The SMILES string of the molecule is CC(C)C(NC(=O)C1CCCN1C(=O)C(NC(=O)C(N)CCCCN)C(C)C)C(=O)O. The lowest BCUT2D eigenvalue weighted by Gasteiger charge is -2.31. The Hall–Kier alpha value is -2.20. The first-order valence-electron chi connectivity index (χ1n) is 11.1. The summed E-state index contributed by atoms with van der Waals surface area (Å²) in [6.45, 7) is 7.94. The van der Waals surface area contributed by atoms with Gasteiger partial charge in [0.05, 0.1) is 6.04 Å². The number of hydrogen-bond acceptors (Lipinski definition) is 6. The van der Waals surface area contributed by atoms with E-state index in [1.165, 1.54) is 4.90 Å². The minimum absolute atomic E-state index is 0.209. The van der Waals surface area contributed by atoms with Crippen LogP contribution in [0.5, 0.6) is 0 Å². The summed E-state index contributed by atoms with van der Waals surface area (Å²) in [7, 11) is 0. The van der Waals surface area contributed by atoms with Gasteiger partial charge >= 0.3 is 5.97 Å². The van der Waals surface area contributed by atoms with E-state index in [1.54, 1.807) is 13.8 Å². The van der Waals surface area contributed by atoms with Crippen molar-refractivity contribution in [3.8, 4) is 0 Å². The van der Waals surface area contributed by atoms with Gasteiger partial charge in [-0.2, -0.15) is 0 Å². The molecule has 178 valence electrons. The average molecular weight is 442 g/mol. The van der Waals surface area contributed by atoms with Gasteiger partial charge in [-0.05, 0) is 44.1 Å². The molecule has 1 heterocycles. The van der Waals surface area contributed by atoms with Gasteiger partial charge in [0.2, 0.25) is 17.7 Å². The summed E-state index contributed by atoms with van der Waals surface area (Å²) >= 11 is 0. The Morgan fingerprint density at radius 2 is 1.65 bits per heavy atom. The maximum Gasteiger partial charge on any atom is 0.326 e. The largest absolute Gasteiger partial charge is 0.480 e. The van der Waals surface area contributed by atoms with Crippen molar-refractivity contribution in [1.82, 2.24) is 15.5 Å². The van der Waals surface area contributed by atoms with Crippen LogP contribution in [0.4, 0.5) is 0 Å². The fourth-order valence-electron chi connectivity index (χ4n) is 3.66. The molecule has 0 aromatic rings. The van der Waals surface area contributed by atoms with Crippen molar-refractivity contribution < 1.29 is 24.3 Å². The molecule has 4 atom stereocenters. The summed E-state index contributed by atoms with van der Waals surface area (Å²) in [5.74, 6) is -2.87. The highest BCUT2D eigenvalue weighted by Crippen LogP contribution is 2.21. The molecule has 0 aliphatic carbocycles. The Kier molecular flexibility index (Phi) is 10.9. The molecule has 0 saturated carbocycles. The summed E-state index contributed by atoms with van der Waals surface area (Å²) < 4.78 is 0. The molecule has 1 aliphatic heterocycles. The number of amides is 3. The van der Waals surface area contributed by atoms with Crippen LogP contribution in [0.3, 0.4) is 0 Å². The van der Waals surface area contributed by atoms with Crippen molar-refractivity contribution in [3.05, 3.63) is 0 Å². The molecule has 4 unspecified atom stereocenters. The van der Waals surface area contributed by atoms with Gasteiger partial charge in [0.1, 0.15) is 18.1 Å². The Labute approximate surface area is 184 Å². The van der Waals surface area contributed by atoms with Gasteiger partial charge in [-0.25, -0.2) is 4.79 Å². The number of rotatable bonds is 12. The normalized spacial score (nSPS) is 19.2. The van der Waals surface area contributed by atoms with Crippen molar-refractivity contribution in [1.29, 1.82) is 0 Å². The minimum Gasteiger partial charge on any atom is -0.480 e. The summed E-state index contributed by atoms with van der Waals surface area (Å²) in [6.07, 6.45) is 3.04. The number of carboxylic acid groups (broad SMARTS) is 1. The van der Waals surface area contributed by atoms with Crippen LogP contribution in [-0.4, -0.2) is 71.0 Å². The molecule has 0 radical (unpaired) electrons. The molecule has 3 amide bonds. The fraction of sp³-hybridized carbons (Fsp3) is 0.810. The van der Waals surface area contributed by atoms with Crippen LogP contribution in [-0.2, 0) is 19.2 Å². The molecule has 0 bridgehead atoms. The van der Waals surface area contributed by atoms with Crippen LogP contribution in [0.25, 0.3) is 0 Å². The number of nitrogens with two attached hydrogens (primary N) is 2. The predicted molar refractivity (Wildman–Crippen MR) is 117 cm³/mol. The number of nitrogens with one attached hydrogen (secondary N) is 2. The number of unbranched alkanes of at least 4 members (excludes halogenated alkanes) is 1. The van der Waals surface area contributed by atoms with Gasteiger partial charge in [0.25, 0.3) is 0 Å². The van der Waals surface area contributed by atoms with E-state index < -0.39 is 42.0 Å². The Bertz CT molecular complexity index is 640. The van der Waals surface area contributed by atoms with Gasteiger partial charge < -0.3 is 32.1 Å². The third-order valence-corrected chi connectivity index (χ3v) is 5.61. The second kappa shape index (κ2) is 12.6. The Morgan fingerprint density at radius 3 is 2.16 bits per heavy atom. The highest BCUT2D eigenvalue weighted by atomic mass is 16.4. The van der Waals surface area contributed by atoms with Crippen LogP contribution < -0.4 is 22.1 Å². The number of carbonyl (C=O) groups is 4. The molecule has 10 heteroatoms. The first kappa shape index (κ1) is 26.8. The van der Waals surface area contributed by atoms with E-state index in [0.29, 0.717) is 32.4 Å². The topological polar surface area (TPSA) is 168 Å². The molecule has 10 nitrogen and oxygen atoms in total. The third-order valence-electron chi connectivity index (χ3n) is 5.61. The second-order valence-electron chi connectivity index (χ2n) is 8.88. The average Bonchev–Trinajstić information content (AvgIpc) is 3.18. The lowest BCUT2D eigenvalue weighted by molar-refractivity contribution is -0.146. The smallest absolute Gasteiger partial charge is 0.326 e. The number of aliphatic carboxylic acids is 1. The monoisotopic (exact) mass is 441 g/mol. The molecule has 0 aromatic heterocycles. The Morgan fingerprint density at radius 1 is 1.03 bits per heavy atom. The number of carbonyl (C=O) groups excluding carboxylic acids is 3. The highest BCUT2D eigenvalue weighted by Gasteiger charge is 2.40. The number of carboxylic acids is 1. The Balaban J connectivity index is 2.86.